The van der Waals surface area contributed by atoms with Gasteiger partial charge in [0, 0.05) is 25.6 Å². The molecule has 1 fully saturated rings. The Bertz CT molecular complexity index is 1130. The average Bonchev–Trinajstić information content (AvgIpc) is 2.78. The van der Waals surface area contributed by atoms with Crippen LogP contribution in [-0.4, -0.2) is 44.8 Å². The van der Waals surface area contributed by atoms with E-state index in [9.17, 15) is 18.0 Å². The maximum absolute atomic E-state index is 13.4. The van der Waals surface area contributed by atoms with E-state index in [-0.39, 0.29) is 33.2 Å². The number of aryl methyl sites for hydroxylation is 1. The summed E-state index contributed by atoms with van der Waals surface area (Å²) in [5.74, 6) is -0.950. The molecule has 4 rings (SSSR count). The van der Waals surface area contributed by atoms with Crippen LogP contribution in [0.5, 0.6) is 0 Å². The number of sulfonamides is 1. The minimum atomic E-state index is -3.86. The van der Waals surface area contributed by atoms with E-state index in [4.69, 9.17) is 17.3 Å². The summed E-state index contributed by atoms with van der Waals surface area (Å²) in [6, 6.07) is 11.7. The van der Waals surface area contributed by atoms with Gasteiger partial charge < -0.3 is 10.6 Å². The van der Waals surface area contributed by atoms with Crippen molar-refractivity contribution >= 4 is 39.1 Å². The van der Waals surface area contributed by atoms with Gasteiger partial charge in [-0.15, -0.1) is 0 Å². The summed E-state index contributed by atoms with van der Waals surface area (Å²) in [5.41, 5.74) is 7.16. The van der Waals surface area contributed by atoms with Crippen molar-refractivity contribution in [2.75, 3.05) is 23.9 Å². The summed E-state index contributed by atoms with van der Waals surface area (Å²) < 4.78 is 28.3. The predicted octanol–water partition coefficient (Wildman–Crippen LogP) is 2.82. The molecule has 0 spiro atoms. The summed E-state index contributed by atoms with van der Waals surface area (Å²) in [7, 11) is -3.86. The van der Waals surface area contributed by atoms with Gasteiger partial charge in [-0.3, -0.25) is 13.9 Å². The van der Waals surface area contributed by atoms with E-state index in [2.05, 4.69) is 0 Å². The molecular formula is C22H24ClN3O4S. The van der Waals surface area contributed by atoms with E-state index in [0.717, 1.165) is 18.4 Å². The number of hydrogen-bond acceptors (Lipinski definition) is 4. The van der Waals surface area contributed by atoms with E-state index in [1.807, 2.05) is 18.2 Å². The standard InChI is InChI=1S/C22H24ClN3O4S/c23-19-8-7-17(14-18(19)22(28)25-12-9-16(10-13-25)21(24)27)31(29,30)26-11-3-5-15-4-1-2-6-20(15)26/h1-2,4,6-8,14,16H,3,5,9-13H2,(H2,24,27). The molecular weight excluding hydrogens is 438 g/mol. The van der Waals surface area contributed by atoms with Gasteiger partial charge in [0.1, 0.15) is 0 Å². The minimum absolute atomic E-state index is 0.0315. The quantitative estimate of drug-likeness (QED) is 0.756. The minimum Gasteiger partial charge on any atom is -0.369 e. The zero-order valence-electron chi connectivity index (χ0n) is 17.0. The molecule has 0 saturated carbocycles. The molecule has 0 aromatic heterocycles. The Labute approximate surface area is 186 Å². The normalized spacial score (nSPS) is 17.3. The number of para-hydroxylation sites is 1. The maximum Gasteiger partial charge on any atom is 0.264 e. The molecule has 2 heterocycles. The Morgan fingerprint density at radius 1 is 1.03 bits per heavy atom. The van der Waals surface area contributed by atoms with Crippen LogP contribution in [0.1, 0.15) is 35.2 Å². The van der Waals surface area contributed by atoms with Gasteiger partial charge in [-0.25, -0.2) is 8.42 Å². The number of rotatable bonds is 4. The highest BCUT2D eigenvalue weighted by atomic mass is 35.5. The number of carbonyl (C=O) groups is 2. The van der Waals surface area contributed by atoms with Crippen molar-refractivity contribution in [1.82, 2.24) is 4.90 Å². The number of nitrogens with zero attached hydrogens (tertiary/aromatic N) is 2. The van der Waals surface area contributed by atoms with Gasteiger partial charge in [-0.2, -0.15) is 0 Å². The van der Waals surface area contributed by atoms with Crippen molar-refractivity contribution in [2.45, 2.75) is 30.6 Å². The molecule has 2 aromatic carbocycles. The lowest BCUT2D eigenvalue weighted by Crippen LogP contribution is -2.42. The fourth-order valence-electron chi connectivity index (χ4n) is 4.24. The molecule has 7 nitrogen and oxygen atoms in total. The molecule has 1 saturated heterocycles. The third-order valence-corrected chi connectivity index (χ3v) is 8.15. The second-order valence-corrected chi connectivity index (χ2v) is 10.2. The van der Waals surface area contributed by atoms with Gasteiger partial charge in [0.25, 0.3) is 15.9 Å². The van der Waals surface area contributed by atoms with Gasteiger partial charge >= 0.3 is 0 Å². The van der Waals surface area contributed by atoms with Crippen molar-refractivity contribution in [1.29, 1.82) is 0 Å². The molecule has 0 bridgehead atoms. The summed E-state index contributed by atoms with van der Waals surface area (Å²) in [6.45, 7) is 1.13. The van der Waals surface area contributed by atoms with E-state index >= 15 is 0 Å². The second-order valence-electron chi connectivity index (χ2n) is 7.92. The Morgan fingerprint density at radius 3 is 2.45 bits per heavy atom. The molecule has 0 radical (unpaired) electrons. The fourth-order valence-corrected chi connectivity index (χ4v) is 6.01. The number of hydrogen-bond donors (Lipinski definition) is 1. The number of piperidine rings is 1. The molecule has 164 valence electrons. The van der Waals surface area contributed by atoms with Crippen LogP contribution >= 0.6 is 11.6 Å². The Balaban J connectivity index is 1.62. The van der Waals surface area contributed by atoms with Crippen molar-refractivity contribution in [3.63, 3.8) is 0 Å². The molecule has 31 heavy (non-hydrogen) atoms. The molecule has 2 amide bonds. The van der Waals surface area contributed by atoms with Crippen LogP contribution < -0.4 is 10.0 Å². The van der Waals surface area contributed by atoms with Crippen LogP contribution in [0.4, 0.5) is 5.69 Å². The molecule has 9 heteroatoms. The highest BCUT2D eigenvalue weighted by molar-refractivity contribution is 7.92. The first kappa shape index (κ1) is 21.6. The third-order valence-electron chi connectivity index (χ3n) is 6.01. The number of nitrogens with two attached hydrogens (primary N) is 1. The lowest BCUT2D eigenvalue weighted by atomic mass is 9.96. The van der Waals surface area contributed by atoms with Crippen LogP contribution in [-0.2, 0) is 21.2 Å². The van der Waals surface area contributed by atoms with Crippen LogP contribution in [0, 0.1) is 5.92 Å². The average molecular weight is 462 g/mol. The Kier molecular flexibility index (Phi) is 5.94. The molecule has 0 atom stereocenters. The van der Waals surface area contributed by atoms with Crippen LogP contribution in [0.3, 0.4) is 0 Å². The van der Waals surface area contributed by atoms with E-state index in [1.54, 1.807) is 11.0 Å². The van der Waals surface area contributed by atoms with Crippen LogP contribution in [0.2, 0.25) is 5.02 Å². The largest absolute Gasteiger partial charge is 0.369 e. The lowest BCUT2D eigenvalue weighted by Gasteiger charge is -2.32. The van der Waals surface area contributed by atoms with Gasteiger partial charge in [-0.05, 0) is 55.5 Å². The number of halogens is 1. The number of amides is 2. The summed E-state index contributed by atoms with van der Waals surface area (Å²) in [5, 5.41) is 0.194. The van der Waals surface area contributed by atoms with Crippen molar-refractivity contribution < 1.29 is 18.0 Å². The van der Waals surface area contributed by atoms with Crippen LogP contribution in [0.15, 0.2) is 47.4 Å². The molecule has 2 aliphatic rings. The SMILES string of the molecule is NC(=O)C1CCN(C(=O)c2cc(S(=O)(=O)N3CCCc4ccccc43)ccc2Cl)CC1. The Morgan fingerprint density at radius 2 is 1.74 bits per heavy atom. The summed E-state index contributed by atoms with van der Waals surface area (Å²) >= 11 is 6.28. The van der Waals surface area contributed by atoms with Gasteiger partial charge in [-0.1, -0.05) is 29.8 Å². The highest BCUT2D eigenvalue weighted by Gasteiger charge is 2.31. The Hall–Kier alpha value is -2.58. The molecule has 2 aliphatic heterocycles. The van der Waals surface area contributed by atoms with E-state index in [0.29, 0.717) is 38.2 Å². The summed E-state index contributed by atoms with van der Waals surface area (Å²) in [6.07, 6.45) is 2.53. The lowest BCUT2D eigenvalue weighted by molar-refractivity contribution is -0.123. The van der Waals surface area contributed by atoms with Crippen molar-refractivity contribution in [3.05, 3.63) is 58.6 Å². The summed E-state index contributed by atoms with van der Waals surface area (Å²) in [4.78, 5) is 26.1. The number of benzene rings is 2. The van der Waals surface area contributed by atoms with E-state index < -0.39 is 10.0 Å². The predicted molar refractivity (Wildman–Crippen MR) is 119 cm³/mol. The zero-order chi connectivity index (χ0) is 22.2. The second kappa shape index (κ2) is 8.51. The van der Waals surface area contributed by atoms with Gasteiger partial charge in [0.05, 0.1) is 21.2 Å². The zero-order valence-corrected chi connectivity index (χ0v) is 18.5. The first-order valence-corrected chi connectivity index (χ1v) is 12.1. The smallest absolute Gasteiger partial charge is 0.264 e. The number of fused-ring (bicyclic) bond motifs is 1. The first-order valence-electron chi connectivity index (χ1n) is 10.3. The molecule has 2 N–H and O–H groups in total. The van der Waals surface area contributed by atoms with Crippen molar-refractivity contribution in [2.24, 2.45) is 11.7 Å². The highest BCUT2D eigenvalue weighted by Crippen LogP contribution is 2.33. The number of anilines is 1. The third kappa shape index (κ3) is 4.14. The van der Waals surface area contributed by atoms with Gasteiger partial charge in [0.15, 0.2) is 0 Å². The fraction of sp³-hybridized carbons (Fsp3) is 0.364. The number of likely N-dealkylation sites (tertiary alicyclic amines) is 1. The topological polar surface area (TPSA) is 101 Å². The first-order chi connectivity index (χ1) is 14.8. The van der Waals surface area contributed by atoms with Crippen molar-refractivity contribution in [3.8, 4) is 0 Å². The monoisotopic (exact) mass is 461 g/mol. The molecule has 2 aromatic rings. The number of carbonyl (C=O) groups excluding carboxylic acids is 2. The molecule has 0 unspecified atom stereocenters. The molecule has 0 aliphatic carbocycles. The number of primary amides is 1. The van der Waals surface area contributed by atoms with Gasteiger partial charge in [0.2, 0.25) is 5.91 Å². The van der Waals surface area contributed by atoms with E-state index in [1.165, 1.54) is 22.5 Å². The van der Waals surface area contributed by atoms with Crippen LogP contribution in [0.25, 0.3) is 0 Å². The maximum atomic E-state index is 13.4.